The summed E-state index contributed by atoms with van der Waals surface area (Å²) in [6, 6.07) is 6.61. The number of rotatable bonds is 5. The first-order valence-electron chi connectivity index (χ1n) is 8.10. The highest BCUT2D eigenvalue weighted by molar-refractivity contribution is 6.02. The van der Waals surface area contributed by atoms with Crippen molar-refractivity contribution in [1.29, 1.82) is 0 Å². The van der Waals surface area contributed by atoms with Gasteiger partial charge in [0.1, 0.15) is 6.54 Å². The van der Waals surface area contributed by atoms with Crippen molar-refractivity contribution in [2.75, 3.05) is 11.9 Å². The molecule has 26 heavy (non-hydrogen) atoms. The van der Waals surface area contributed by atoms with Crippen molar-refractivity contribution < 1.29 is 19.1 Å². The van der Waals surface area contributed by atoms with E-state index < -0.39 is 24.5 Å². The fraction of sp³-hybridized carbons (Fsp3) is 0.333. The van der Waals surface area contributed by atoms with Crippen LogP contribution in [0.25, 0.3) is 0 Å². The van der Waals surface area contributed by atoms with Gasteiger partial charge >= 0.3 is 12.0 Å². The number of nitrogens with one attached hydrogen (secondary N) is 2. The number of aryl methyl sites for hydroxylation is 3. The Balaban J connectivity index is 1.79. The van der Waals surface area contributed by atoms with Crippen molar-refractivity contribution in [3.8, 4) is 0 Å². The van der Waals surface area contributed by atoms with Crippen LogP contribution in [-0.4, -0.2) is 34.3 Å². The third-order valence-electron chi connectivity index (χ3n) is 3.85. The van der Waals surface area contributed by atoms with E-state index in [1.54, 1.807) is 12.1 Å². The number of hydrogen-bond acceptors (Lipinski definition) is 5. The second-order valence-corrected chi connectivity index (χ2v) is 6.00. The fourth-order valence-corrected chi connectivity index (χ4v) is 2.35. The Bertz CT molecular complexity index is 842. The van der Waals surface area contributed by atoms with Crippen LogP contribution in [0.2, 0.25) is 0 Å². The quantitative estimate of drug-likeness (QED) is 0.796. The van der Waals surface area contributed by atoms with Gasteiger partial charge in [0.25, 0.3) is 5.91 Å². The Kier molecular flexibility index (Phi) is 6.11. The topological polar surface area (TPSA) is 102 Å². The van der Waals surface area contributed by atoms with E-state index in [1.807, 2.05) is 39.8 Å². The number of esters is 1. The minimum Gasteiger partial charge on any atom is -0.454 e. The van der Waals surface area contributed by atoms with Gasteiger partial charge in [-0.25, -0.2) is 4.79 Å². The summed E-state index contributed by atoms with van der Waals surface area (Å²) < 4.78 is 6.36. The van der Waals surface area contributed by atoms with E-state index in [2.05, 4.69) is 15.7 Å². The van der Waals surface area contributed by atoms with Gasteiger partial charge in [0.15, 0.2) is 6.61 Å². The van der Waals surface area contributed by atoms with Crippen molar-refractivity contribution in [1.82, 2.24) is 15.1 Å². The van der Waals surface area contributed by atoms with Gasteiger partial charge in [-0.2, -0.15) is 5.10 Å². The molecule has 0 radical (unpaired) electrons. The number of carbonyl (C=O) groups excluding carboxylic acids is 3. The molecule has 0 bridgehead atoms. The van der Waals surface area contributed by atoms with Crippen LogP contribution < -0.4 is 10.6 Å². The van der Waals surface area contributed by atoms with Crippen molar-refractivity contribution in [2.45, 2.75) is 34.2 Å². The number of amides is 3. The lowest BCUT2D eigenvalue weighted by Gasteiger charge is -2.11. The number of imide groups is 1. The van der Waals surface area contributed by atoms with Crippen LogP contribution >= 0.6 is 0 Å². The highest BCUT2D eigenvalue weighted by Crippen LogP contribution is 2.17. The van der Waals surface area contributed by atoms with Gasteiger partial charge in [0, 0.05) is 11.4 Å². The van der Waals surface area contributed by atoms with Crippen molar-refractivity contribution in [3.63, 3.8) is 0 Å². The van der Waals surface area contributed by atoms with Gasteiger partial charge in [-0.05, 0) is 51.0 Å². The van der Waals surface area contributed by atoms with Crippen molar-refractivity contribution >= 4 is 23.6 Å². The van der Waals surface area contributed by atoms with Crippen molar-refractivity contribution in [2.24, 2.45) is 0 Å². The highest BCUT2D eigenvalue weighted by Gasteiger charge is 2.13. The molecule has 2 aromatic rings. The number of ether oxygens (including phenoxy) is 1. The molecular weight excluding hydrogens is 336 g/mol. The molecule has 0 spiro atoms. The SMILES string of the molecule is Cc1cc(C)n(CC(=O)OCC(=O)NC(=O)Nc2cccc(C)c2C)n1. The average molecular weight is 358 g/mol. The molecular formula is C18H22N4O4. The van der Waals surface area contributed by atoms with E-state index >= 15 is 0 Å². The minimum atomic E-state index is -0.713. The number of benzene rings is 1. The molecule has 8 nitrogen and oxygen atoms in total. The molecule has 3 amide bonds. The molecule has 1 heterocycles. The number of anilines is 1. The lowest BCUT2D eigenvalue weighted by Crippen LogP contribution is -2.37. The zero-order valence-electron chi connectivity index (χ0n) is 15.3. The molecule has 2 rings (SSSR count). The predicted molar refractivity (Wildman–Crippen MR) is 95.7 cm³/mol. The zero-order valence-corrected chi connectivity index (χ0v) is 15.3. The smallest absolute Gasteiger partial charge is 0.328 e. The van der Waals surface area contributed by atoms with Gasteiger partial charge in [-0.15, -0.1) is 0 Å². The van der Waals surface area contributed by atoms with Gasteiger partial charge in [0.05, 0.1) is 5.69 Å². The van der Waals surface area contributed by atoms with E-state index in [-0.39, 0.29) is 6.54 Å². The molecule has 8 heteroatoms. The first-order valence-corrected chi connectivity index (χ1v) is 8.10. The number of urea groups is 1. The molecule has 0 fully saturated rings. The largest absolute Gasteiger partial charge is 0.454 e. The van der Waals surface area contributed by atoms with Crippen LogP contribution in [-0.2, 0) is 20.9 Å². The van der Waals surface area contributed by atoms with E-state index in [0.29, 0.717) is 5.69 Å². The Morgan fingerprint density at radius 3 is 2.54 bits per heavy atom. The third-order valence-corrected chi connectivity index (χ3v) is 3.85. The van der Waals surface area contributed by atoms with Crippen LogP contribution in [0, 0.1) is 27.7 Å². The average Bonchev–Trinajstić information content (AvgIpc) is 2.87. The highest BCUT2D eigenvalue weighted by atomic mass is 16.5. The predicted octanol–water partition coefficient (Wildman–Crippen LogP) is 2.01. The molecule has 0 saturated carbocycles. The van der Waals surface area contributed by atoms with Crippen LogP contribution in [0.5, 0.6) is 0 Å². The molecule has 0 aliphatic heterocycles. The fourth-order valence-electron chi connectivity index (χ4n) is 2.35. The summed E-state index contributed by atoms with van der Waals surface area (Å²) in [6.07, 6.45) is 0. The van der Waals surface area contributed by atoms with E-state index in [4.69, 9.17) is 4.74 Å². The molecule has 1 aromatic carbocycles. The Labute approximate surface area is 151 Å². The molecule has 1 aromatic heterocycles. The van der Waals surface area contributed by atoms with Crippen LogP contribution in [0.3, 0.4) is 0 Å². The van der Waals surface area contributed by atoms with Crippen LogP contribution in [0.1, 0.15) is 22.5 Å². The molecule has 138 valence electrons. The summed E-state index contributed by atoms with van der Waals surface area (Å²) in [6.45, 7) is 6.79. The zero-order chi connectivity index (χ0) is 19.3. The van der Waals surface area contributed by atoms with E-state index in [0.717, 1.165) is 22.5 Å². The summed E-state index contributed by atoms with van der Waals surface area (Å²) in [5.41, 5.74) is 4.14. The first-order chi connectivity index (χ1) is 12.3. The lowest BCUT2D eigenvalue weighted by atomic mass is 10.1. The summed E-state index contributed by atoms with van der Waals surface area (Å²) in [5, 5.41) is 8.85. The van der Waals surface area contributed by atoms with Gasteiger partial charge in [-0.1, -0.05) is 12.1 Å². The summed E-state index contributed by atoms with van der Waals surface area (Å²) in [7, 11) is 0. The minimum absolute atomic E-state index is 0.0956. The third kappa shape index (κ3) is 5.17. The Morgan fingerprint density at radius 2 is 1.88 bits per heavy atom. The summed E-state index contributed by atoms with van der Waals surface area (Å²) in [4.78, 5) is 35.4. The van der Waals surface area contributed by atoms with Gasteiger partial charge in [0.2, 0.25) is 0 Å². The molecule has 0 unspecified atom stereocenters. The van der Waals surface area contributed by atoms with E-state index in [9.17, 15) is 14.4 Å². The number of nitrogens with zero attached hydrogens (tertiary/aromatic N) is 2. The van der Waals surface area contributed by atoms with E-state index in [1.165, 1.54) is 4.68 Å². The maximum absolute atomic E-state index is 11.9. The second kappa shape index (κ2) is 8.28. The summed E-state index contributed by atoms with van der Waals surface area (Å²) >= 11 is 0. The lowest BCUT2D eigenvalue weighted by molar-refractivity contribution is -0.149. The number of hydrogen-bond donors (Lipinski definition) is 2. The van der Waals surface area contributed by atoms with Gasteiger partial charge in [-0.3, -0.25) is 19.6 Å². The molecule has 0 aliphatic carbocycles. The molecule has 0 aliphatic rings. The first kappa shape index (κ1) is 19.2. The molecule has 2 N–H and O–H groups in total. The standard InChI is InChI=1S/C18H22N4O4/c1-11-6-5-7-15(14(11)4)19-18(25)20-16(23)10-26-17(24)9-22-13(3)8-12(2)21-22/h5-8H,9-10H2,1-4H3,(H2,19,20,23,25). The van der Waals surface area contributed by atoms with Gasteiger partial charge < -0.3 is 10.1 Å². The normalized spacial score (nSPS) is 10.3. The van der Waals surface area contributed by atoms with Crippen molar-refractivity contribution in [3.05, 3.63) is 46.8 Å². The second-order valence-electron chi connectivity index (χ2n) is 6.00. The number of carbonyl (C=O) groups is 3. The van der Waals surface area contributed by atoms with Crippen LogP contribution in [0.4, 0.5) is 10.5 Å². The Morgan fingerprint density at radius 1 is 1.15 bits per heavy atom. The maximum Gasteiger partial charge on any atom is 0.328 e. The molecule has 0 saturated heterocycles. The monoisotopic (exact) mass is 358 g/mol. The Hall–Kier alpha value is -3.16. The summed E-state index contributed by atoms with van der Waals surface area (Å²) in [5.74, 6) is -1.32. The van der Waals surface area contributed by atoms with Crippen LogP contribution in [0.15, 0.2) is 24.3 Å². The molecule has 0 atom stereocenters. The number of aromatic nitrogens is 2. The maximum atomic E-state index is 11.9.